The highest BCUT2D eigenvalue weighted by atomic mass is 19.1. The van der Waals surface area contributed by atoms with Crippen molar-refractivity contribution in [2.24, 2.45) is 0 Å². The first-order valence-corrected chi connectivity index (χ1v) is 9.89. The molecule has 0 saturated carbocycles. The maximum atomic E-state index is 13.9. The molecule has 1 saturated heterocycles. The van der Waals surface area contributed by atoms with Crippen LogP contribution in [-0.2, 0) is 17.9 Å². The molecule has 28 heavy (non-hydrogen) atoms. The Bertz CT molecular complexity index is 735. The first kappa shape index (κ1) is 20.6. The van der Waals surface area contributed by atoms with Gasteiger partial charge in [0.15, 0.2) is 11.5 Å². The van der Waals surface area contributed by atoms with Crippen LogP contribution in [0.5, 0.6) is 11.5 Å². The van der Waals surface area contributed by atoms with E-state index in [1.807, 2.05) is 31.2 Å². The zero-order valence-corrected chi connectivity index (χ0v) is 16.5. The van der Waals surface area contributed by atoms with Gasteiger partial charge in [-0.1, -0.05) is 30.3 Å². The van der Waals surface area contributed by atoms with Crippen molar-refractivity contribution in [3.05, 3.63) is 59.4 Å². The maximum absolute atomic E-state index is 13.9. The van der Waals surface area contributed by atoms with Gasteiger partial charge in [-0.05, 0) is 19.1 Å². The summed E-state index contributed by atoms with van der Waals surface area (Å²) >= 11 is 0. The monoisotopic (exact) mass is 388 g/mol. The van der Waals surface area contributed by atoms with Crippen molar-refractivity contribution in [1.82, 2.24) is 10.2 Å². The average molecular weight is 388 g/mol. The lowest BCUT2D eigenvalue weighted by Gasteiger charge is -2.26. The fourth-order valence-electron chi connectivity index (χ4n) is 3.18. The first-order valence-electron chi connectivity index (χ1n) is 9.89. The van der Waals surface area contributed by atoms with E-state index < -0.39 is 0 Å². The van der Waals surface area contributed by atoms with Crippen LogP contribution >= 0.6 is 0 Å². The van der Waals surface area contributed by atoms with E-state index in [-0.39, 0.29) is 12.4 Å². The van der Waals surface area contributed by atoms with Crippen molar-refractivity contribution in [1.29, 1.82) is 0 Å². The molecule has 0 aliphatic carbocycles. The molecule has 1 heterocycles. The zero-order chi connectivity index (χ0) is 19.6. The predicted octanol–water partition coefficient (Wildman–Crippen LogP) is 3.23. The van der Waals surface area contributed by atoms with Crippen LogP contribution < -0.4 is 14.8 Å². The number of nitrogens with one attached hydrogen (secondary N) is 1. The Kier molecular flexibility index (Phi) is 8.08. The zero-order valence-electron chi connectivity index (χ0n) is 16.5. The summed E-state index contributed by atoms with van der Waals surface area (Å²) in [5.41, 5.74) is 1.53. The number of hydrogen-bond donors (Lipinski definition) is 1. The molecule has 3 rings (SSSR count). The Morgan fingerprint density at radius 3 is 2.61 bits per heavy atom. The van der Waals surface area contributed by atoms with Gasteiger partial charge < -0.3 is 19.5 Å². The van der Waals surface area contributed by atoms with Crippen LogP contribution in [0.25, 0.3) is 0 Å². The number of ether oxygens (including phenoxy) is 3. The fourth-order valence-corrected chi connectivity index (χ4v) is 3.18. The van der Waals surface area contributed by atoms with Gasteiger partial charge >= 0.3 is 0 Å². The third-order valence-electron chi connectivity index (χ3n) is 4.71. The standard InChI is InChI=1S/C22H29FN2O3/c1-2-27-21-9-5-7-18(16-24-10-11-25-12-14-26-15-13-25)22(21)28-17-19-6-3-4-8-20(19)23/h3-9,24H,2,10-17H2,1H3. The second-order valence-electron chi connectivity index (χ2n) is 6.69. The first-order chi connectivity index (χ1) is 13.8. The molecule has 0 unspecified atom stereocenters. The van der Waals surface area contributed by atoms with E-state index in [0.717, 1.165) is 45.0 Å². The average Bonchev–Trinajstić information content (AvgIpc) is 2.73. The van der Waals surface area contributed by atoms with Crippen LogP contribution in [-0.4, -0.2) is 50.9 Å². The minimum atomic E-state index is -0.262. The largest absolute Gasteiger partial charge is 0.490 e. The Labute approximate surface area is 166 Å². The molecule has 1 N–H and O–H groups in total. The van der Waals surface area contributed by atoms with E-state index in [4.69, 9.17) is 14.2 Å². The van der Waals surface area contributed by atoms with Crippen LogP contribution in [0.3, 0.4) is 0 Å². The number of hydrogen-bond acceptors (Lipinski definition) is 5. The van der Waals surface area contributed by atoms with Gasteiger partial charge in [0.1, 0.15) is 12.4 Å². The van der Waals surface area contributed by atoms with Gasteiger partial charge in [0.2, 0.25) is 0 Å². The van der Waals surface area contributed by atoms with E-state index in [1.165, 1.54) is 6.07 Å². The van der Waals surface area contributed by atoms with Crippen LogP contribution in [0.1, 0.15) is 18.1 Å². The predicted molar refractivity (Wildman–Crippen MR) is 107 cm³/mol. The van der Waals surface area contributed by atoms with Crippen LogP contribution in [0.2, 0.25) is 0 Å². The molecule has 2 aromatic carbocycles. The molecule has 0 radical (unpaired) electrons. The molecule has 6 heteroatoms. The molecular weight excluding hydrogens is 359 g/mol. The summed E-state index contributed by atoms with van der Waals surface area (Å²) in [6, 6.07) is 12.5. The summed E-state index contributed by atoms with van der Waals surface area (Å²) < 4.78 is 31.0. The summed E-state index contributed by atoms with van der Waals surface area (Å²) in [7, 11) is 0. The normalized spacial score (nSPS) is 14.8. The van der Waals surface area contributed by atoms with Gasteiger partial charge in [0.25, 0.3) is 0 Å². The summed E-state index contributed by atoms with van der Waals surface area (Å²) in [6.45, 7) is 8.77. The Morgan fingerprint density at radius 2 is 1.82 bits per heavy atom. The minimum Gasteiger partial charge on any atom is -0.490 e. The van der Waals surface area contributed by atoms with Crippen molar-refractivity contribution < 1.29 is 18.6 Å². The lowest BCUT2D eigenvalue weighted by atomic mass is 10.1. The second-order valence-corrected chi connectivity index (χ2v) is 6.69. The molecule has 0 atom stereocenters. The SMILES string of the molecule is CCOc1cccc(CNCCN2CCOCC2)c1OCc1ccccc1F. The van der Waals surface area contributed by atoms with Crippen LogP contribution in [0, 0.1) is 5.82 Å². The maximum Gasteiger partial charge on any atom is 0.166 e. The van der Waals surface area contributed by atoms with Gasteiger partial charge in [0.05, 0.1) is 19.8 Å². The van der Waals surface area contributed by atoms with E-state index in [0.29, 0.717) is 30.2 Å². The van der Waals surface area contributed by atoms with Gasteiger partial charge in [-0.25, -0.2) is 4.39 Å². The number of benzene rings is 2. The Balaban J connectivity index is 1.60. The number of nitrogens with zero attached hydrogens (tertiary/aromatic N) is 1. The summed E-state index contributed by atoms with van der Waals surface area (Å²) in [4.78, 5) is 2.39. The molecule has 0 spiro atoms. The number of rotatable bonds is 10. The quantitative estimate of drug-likeness (QED) is 0.633. The molecule has 0 bridgehead atoms. The molecule has 0 amide bonds. The van der Waals surface area contributed by atoms with E-state index in [9.17, 15) is 4.39 Å². The van der Waals surface area contributed by atoms with Crippen LogP contribution in [0.15, 0.2) is 42.5 Å². The molecule has 5 nitrogen and oxygen atoms in total. The van der Waals surface area contributed by atoms with Crippen molar-refractivity contribution in [2.45, 2.75) is 20.1 Å². The molecule has 1 aliphatic rings. The second kappa shape index (κ2) is 11.0. The van der Waals surface area contributed by atoms with E-state index in [2.05, 4.69) is 10.2 Å². The number of halogens is 1. The molecule has 1 aliphatic heterocycles. The smallest absolute Gasteiger partial charge is 0.166 e. The van der Waals surface area contributed by atoms with Gasteiger partial charge in [0, 0.05) is 43.9 Å². The van der Waals surface area contributed by atoms with Crippen molar-refractivity contribution in [2.75, 3.05) is 46.0 Å². The highest BCUT2D eigenvalue weighted by Gasteiger charge is 2.13. The highest BCUT2D eigenvalue weighted by Crippen LogP contribution is 2.32. The van der Waals surface area contributed by atoms with Gasteiger partial charge in [-0.15, -0.1) is 0 Å². The minimum absolute atomic E-state index is 0.164. The lowest BCUT2D eigenvalue weighted by Crippen LogP contribution is -2.40. The van der Waals surface area contributed by atoms with E-state index >= 15 is 0 Å². The Morgan fingerprint density at radius 1 is 1.04 bits per heavy atom. The Hall–Kier alpha value is -2.15. The van der Waals surface area contributed by atoms with E-state index in [1.54, 1.807) is 12.1 Å². The summed E-state index contributed by atoms with van der Waals surface area (Å²) in [6.07, 6.45) is 0. The molecule has 1 fully saturated rings. The summed E-state index contributed by atoms with van der Waals surface area (Å²) in [5, 5.41) is 3.48. The molecule has 0 aromatic heterocycles. The highest BCUT2D eigenvalue weighted by molar-refractivity contribution is 5.46. The topological polar surface area (TPSA) is 43.0 Å². The molecule has 2 aromatic rings. The number of para-hydroxylation sites is 1. The third kappa shape index (κ3) is 5.92. The van der Waals surface area contributed by atoms with Gasteiger partial charge in [-0.3, -0.25) is 4.90 Å². The third-order valence-corrected chi connectivity index (χ3v) is 4.71. The lowest BCUT2D eigenvalue weighted by molar-refractivity contribution is 0.0384. The van der Waals surface area contributed by atoms with Crippen molar-refractivity contribution >= 4 is 0 Å². The van der Waals surface area contributed by atoms with Crippen molar-refractivity contribution in [3.63, 3.8) is 0 Å². The molecular formula is C22H29FN2O3. The van der Waals surface area contributed by atoms with Gasteiger partial charge in [-0.2, -0.15) is 0 Å². The molecule has 152 valence electrons. The fraction of sp³-hybridized carbons (Fsp3) is 0.455. The summed E-state index contributed by atoms with van der Waals surface area (Å²) in [5.74, 6) is 1.10. The number of morpholine rings is 1. The van der Waals surface area contributed by atoms with Crippen LogP contribution in [0.4, 0.5) is 4.39 Å². The van der Waals surface area contributed by atoms with Crippen molar-refractivity contribution in [3.8, 4) is 11.5 Å².